The Labute approximate surface area is 403 Å². The Morgan fingerprint density at radius 1 is 0.791 bits per heavy atom. The smallest absolute Gasteiger partial charge is 0.335 e. The molecule has 0 unspecified atom stereocenters. The Morgan fingerprint density at radius 3 is 2.04 bits per heavy atom. The molecule has 6 rings (SSSR count). The highest BCUT2D eigenvalue weighted by Crippen LogP contribution is 2.47. The Morgan fingerprint density at radius 2 is 1.43 bits per heavy atom. The minimum atomic E-state index is -2.92. The van der Waals surface area contributed by atoms with Gasteiger partial charge in [-0.3, -0.25) is 0 Å². The van der Waals surface area contributed by atoms with Crippen LogP contribution in [0.3, 0.4) is 0 Å². The molecule has 4 heterocycles. The van der Waals surface area contributed by atoms with Crippen molar-refractivity contribution in [2.75, 3.05) is 20.3 Å². The maximum Gasteiger partial charge on any atom is 0.335 e. The average molecular weight is 965 g/mol. The predicted octanol–water partition coefficient (Wildman–Crippen LogP) is 10.6. The van der Waals surface area contributed by atoms with Gasteiger partial charge >= 0.3 is 23.1 Å². The van der Waals surface area contributed by atoms with Crippen LogP contribution in [0.2, 0.25) is 22.2 Å². The summed E-state index contributed by atoms with van der Waals surface area (Å²) in [5.74, 6) is 0.236. The summed E-state index contributed by atoms with van der Waals surface area (Å²) in [6.07, 6.45) is 5.10. The van der Waals surface area contributed by atoms with Gasteiger partial charge in [0.2, 0.25) is 0 Å². The molecule has 0 radical (unpaired) electrons. The van der Waals surface area contributed by atoms with Crippen LogP contribution in [0.5, 0.6) is 5.75 Å². The quantitative estimate of drug-likeness (QED) is 0.0853. The Bertz CT molecular complexity index is 1900. The van der Waals surface area contributed by atoms with Crippen LogP contribution in [0.25, 0.3) is 0 Å². The van der Waals surface area contributed by atoms with Gasteiger partial charge in [0.15, 0.2) is 6.10 Å². The molecule has 14 heteroatoms. The van der Waals surface area contributed by atoms with Crippen molar-refractivity contribution < 1.29 is 55.7 Å². The zero-order chi connectivity index (χ0) is 48.5. The van der Waals surface area contributed by atoms with Crippen molar-refractivity contribution in [2.24, 2.45) is 0 Å². The number of hydrogen-bond acceptors (Lipinski definition) is 12. The number of esters is 1. The summed E-state index contributed by atoms with van der Waals surface area (Å²) < 4.78 is 74.8. The topological polar surface area (TPSA) is 119 Å². The predicted molar refractivity (Wildman–Crippen MR) is 264 cm³/mol. The van der Waals surface area contributed by atoms with E-state index in [9.17, 15) is 4.79 Å². The highest BCUT2D eigenvalue weighted by molar-refractivity contribution is 6.84. The van der Waals surface area contributed by atoms with Crippen molar-refractivity contribution >= 4 is 23.1 Å². The minimum absolute atomic E-state index is 0.105. The van der Waals surface area contributed by atoms with E-state index in [0.29, 0.717) is 26.1 Å². The number of benzene rings is 2. The second-order valence-corrected chi connectivity index (χ2v) is 29.5. The summed E-state index contributed by atoms with van der Waals surface area (Å²) in [6.45, 7) is 28.8. The lowest BCUT2D eigenvalue weighted by Gasteiger charge is -2.52. The Kier molecular flexibility index (Phi) is 18.9. The van der Waals surface area contributed by atoms with Gasteiger partial charge in [-0.05, 0) is 79.0 Å². The zero-order valence-corrected chi connectivity index (χ0v) is 44.2. The number of carbonyl (C=O) groups excluding carboxylic acids is 1. The molecule has 2 saturated heterocycles. The Balaban J connectivity index is 1.34. The molecule has 67 heavy (non-hydrogen) atoms. The van der Waals surface area contributed by atoms with Gasteiger partial charge in [0, 0.05) is 6.42 Å². The molecule has 0 bridgehead atoms. The Hall–Kier alpha value is -3.00. The number of fused-ring (bicyclic) bond motifs is 2. The van der Waals surface area contributed by atoms with Crippen molar-refractivity contribution in [1.82, 2.24) is 0 Å². The van der Waals surface area contributed by atoms with Crippen LogP contribution in [0.1, 0.15) is 107 Å². The standard InChI is InChI=1S/C53H80O12Si2/c1-14-42-43(24-20-25-44-48(60-42)34-59-66(35(2)3,36(4)5)65-67(64-44,37(6)7)38(8)9)61-47(52(54)63-53(10,11)12)31-46-50(57-33-40-26-28-41(55-13)29-27-40)51(58-32-39-21-16-15-17-22-39)49-45(62-46)23-18-19-30-56-49/h14-22,25-29,35-38,42-51H,1,23-24,30-34H2,2-13H3/b25-20-/t42-,43+,44-,45-,46+,47+,48+,49-,50+,51+/m0/s1. The first-order chi connectivity index (χ1) is 31.9. The molecule has 4 aliphatic heterocycles. The molecule has 10 atom stereocenters. The fourth-order valence-electron chi connectivity index (χ4n) is 9.81. The molecular weight excluding hydrogens is 885 g/mol. The fourth-order valence-corrected chi connectivity index (χ4v) is 21.0. The van der Waals surface area contributed by atoms with Gasteiger partial charge in [-0.1, -0.05) is 128 Å². The van der Waals surface area contributed by atoms with Crippen LogP contribution >= 0.6 is 0 Å². The van der Waals surface area contributed by atoms with Crippen LogP contribution < -0.4 is 4.74 Å². The second kappa shape index (κ2) is 23.7. The van der Waals surface area contributed by atoms with Crippen molar-refractivity contribution in [3.63, 3.8) is 0 Å². The molecular formula is C53H80O12Si2. The normalized spacial score (nSPS) is 29.7. The van der Waals surface area contributed by atoms with E-state index in [1.807, 2.05) is 81.4 Å². The van der Waals surface area contributed by atoms with Gasteiger partial charge in [0.1, 0.15) is 41.9 Å². The van der Waals surface area contributed by atoms with E-state index < -0.39 is 83.6 Å². The van der Waals surface area contributed by atoms with E-state index in [2.05, 4.69) is 80.2 Å². The number of ether oxygens (including phenoxy) is 8. The molecule has 2 fully saturated rings. The number of rotatable bonds is 17. The second-order valence-electron chi connectivity index (χ2n) is 20.6. The molecule has 0 amide bonds. The van der Waals surface area contributed by atoms with E-state index in [0.717, 1.165) is 16.9 Å². The molecule has 372 valence electrons. The maximum absolute atomic E-state index is 14.6. The first-order valence-corrected chi connectivity index (χ1v) is 28.5. The molecule has 0 saturated carbocycles. The van der Waals surface area contributed by atoms with Crippen LogP contribution in [0.15, 0.2) is 91.6 Å². The van der Waals surface area contributed by atoms with Gasteiger partial charge in [-0.15, -0.1) is 6.58 Å². The zero-order valence-electron chi connectivity index (χ0n) is 42.2. The monoisotopic (exact) mass is 965 g/mol. The molecule has 0 N–H and O–H groups in total. The number of hydrogen-bond donors (Lipinski definition) is 0. The molecule has 2 aromatic carbocycles. The highest BCUT2D eigenvalue weighted by atomic mass is 28.5. The lowest BCUT2D eigenvalue weighted by atomic mass is 9.90. The third kappa shape index (κ3) is 13.3. The SMILES string of the molecule is C=C[C@@H]1O[C@@H]2CO[Si](C(C)C)(C(C)C)O[Si](C(C)C)(C(C)C)O[C@H]2/C=C\C[C@H]1O[C@H](C[C@H]1O[C@H]2CC=CCO[C@@H]2[C@@H](OCc2ccccc2)[C@@H]1OCc1ccc(OC)cc1)C(=O)OC(C)(C)C. The lowest BCUT2D eigenvalue weighted by Crippen LogP contribution is -2.65. The van der Waals surface area contributed by atoms with Crippen LogP contribution in [0, 0.1) is 0 Å². The number of carbonyl (C=O) groups is 1. The van der Waals surface area contributed by atoms with E-state index >= 15 is 0 Å². The summed E-state index contributed by atoms with van der Waals surface area (Å²) in [5.41, 5.74) is 1.82. The van der Waals surface area contributed by atoms with Gasteiger partial charge < -0.3 is 50.9 Å². The highest BCUT2D eigenvalue weighted by Gasteiger charge is 2.59. The molecule has 0 aromatic heterocycles. The van der Waals surface area contributed by atoms with E-state index in [1.54, 1.807) is 13.2 Å². The fraction of sp³-hybridized carbons (Fsp3) is 0.642. The van der Waals surface area contributed by atoms with Gasteiger partial charge in [-0.2, -0.15) is 0 Å². The van der Waals surface area contributed by atoms with E-state index in [1.165, 1.54) is 0 Å². The van der Waals surface area contributed by atoms with Gasteiger partial charge in [-0.25, -0.2) is 4.79 Å². The molecule has 12 nitrogen and oxygen atoms in total. The molecule has 2 aromatic rings. The van der Waals surface area contributed by atoms with Crippen molar-refractivity contribution in [3.05, 3.63) is 103 Å². The van der Waals surface area contributed by atoms with E-state index in [-0.39, 0.29) is 47.9 Å². The lowest BCUT2D eigenvalue weighted by molar-refractivity contribution is -0.265. The summed E-state index contributed by atoms with van der Waals surface area (Å²) in [6, 6.07) is 17.8. The van der Waals surface area contributed by atoms with Crippen LogP contribution in [0.4, 0.5) is 0 Å². The molecule has 4 aliphatic rings. The first kappa shape index (κ1) is 53.4. The summed E-state index contributed by atoms with van der Waals surface area (Å²) in [7, 11) is -4.13. The third-order valence-corrected chi connectivity index (χ3v) is 23.6. The minimum Gasteiger partial charge on any atom is -0.497 e. The number of methoxy groups -OCH3 is 1. The summed E-state index contributed by atoms with van der Waals surface area (Å²) >= 11 is 0. The van der Waals surface area contributed by atoms with Crippen molar-refractivity contribution in [2.45, 2.75) is 197 Å². The van der Waals surface area contributed by atoms with E-state index in [4.69, 9.17) is 50.9 Å². The molecule has 0 aliphatic carbocycles. The summed E-state index contributed by atoms with van der Waals surface area (Å²) in [4.78, 5) is 14.6. The van der Waals surface area contributed by atoms with Crippen molar-refractivity contribution in [1.29, 1.82) is 0 Å². The van der Waals surface area contributed by atoms with Gasteiger partial charge in [0.05, 0.1) is 58.0 Å². The largest absolute Gasteiger partial charge is 0.497 e. The maximum atomic E-state index is 14.6. The van der Waals surface area contributed by atoms with Crippen LogP contribution in [-0.4, -0.2) is 110 Å². The molecule has 0 spiro atoms. The first-order valence-electron chi connectivity index (χ1n) is 24.6. The summed E-state index contributed by atoms with van der Waals surface area (Å²) in [5, 5.41) is 0. The third-order valence-electron chi connectivity index (χ3n) is 13.3. The van der Waals surface area contributed by atoms with Crippen LogP contribution in [-0.2, 0) is 64.1 Å². The van der Waals surface area contributed by atoms with Gasteiger partial charge in [0.25, 0.3) is 0 Å². The average Bonchev–Trinajstić information content (AvgIpc) is 3.52. The van der Waals surface area contributed by atoms with Crippen molar-refractivity contribution in [3.8, 4) is 5.75 Å².